The summed E-state index contributed by atoms with van der Waals surface area (Å²) in [7, 11) is 0. The Morgan fingerprint density at radius 3 is 2.50 bits per heavy atom. The molecular formula is C29H34Cl2O3. The van der Waals surface area contributed by atoms with E-state index in [-0.39, 0.29) is 34.3 Å². The van der Waals surface area contributed by atoms with Crippen LogP contribution in [0.3, 0.4) is 0 Å². The first-order valence-corrected chi connectivity index (χ1v) is 13.3. The minimum absolute atomic E-state index is 0.0969. The Labute approximate surface area is 212 Å². The fraction of sp³-hybridized carbons (Fsp3) is 0.586. The summed E-state index contributed by atoms with van der Waals surface area (Å²) in [6, 6.07) is 8.94. The van der Waals surface area contributed by atoms with Crippen molar-refractivity contribution in [2.75, 3.05) is 0 Å². The van der Waals surface area contributed by atoms with E-state index in [0.717, 1.165) is 25.7 Å². The van der Waals surface area contributed by atoms with Gasteiger partial charge in [0.2, 0.25) is 0 Å². The van der Waals surface area contributed by atoms with Crippen molar-refractivity contribution in [1.82, 2.24) is 0 Å². The number of esters is 1. The van der Waals surface area contributed by atoms with Gasteiger partial charge in [-0.1, -0.05) is 62.8 Å². The van der Waals surface area contributed by atoms with Gasteiger partial charge in [0.25, 0.3) is 0 Å². The second-order valence-electron chi connectivity index (χ2n) is 11.4. The van der Waals surface area contributed by atoms with Crippen LogP contribution in [0.15, 0.2) is 54.1 Å². The summed E-state index contributed by atoms with van der Waals surface area (Å²) >= 11 is 15.0. The van der Waals surface area contributed by atoms with Gasteiger partial charge in [0.05, 0.1) is 15.8 Å². The Kier molecular flexibility index (Phi) is 5.65. The zero-order valence-corrected chi connectivity index (χ0v) is 22.0. The lowest BCUT2D eigenvalue weighted by Crippen LogP contribution is -2.68. The van der Waals surface area contributed by atoms with E-state index in [1.807, 2.05) is 18.2 Å². The van der Waals surface area contributed by atoms with Crippen LogP contribution in [0.2, 0.25) is 0 Å². The van der Waals surface area contributed by atoms with Crippen molar-refractivity contribution >= 4 is 35.0 Å². The molecule has 34 heavy (non-hydrogen) atoms. The van der Waals surface area contributed by atoms with Gasteiger partial charge in [-0.3, -0.25) is 4.79 Å². The maximum atomic E-state index is 13.5. The number of Topliss-reactive ketones (excluding diaryl/α,β-unsaturated/α-hetero) is 1. The number of benzene rings is 1. The lowest BCUT2D eigenvalue weighted by atomic mass is 9.46. The maximum absolute atomic E-state index is 13.5. The van der Waals surface area contributed by atoms with E-state index in [9.17, 15) is 9.59 Å². The maximum Gasteiger partial charge on any atom is 0.339 e. The Hall–Kier alpha value is -1.58. The lowest BCUT2D eigenvalue weighted by Gasteiger charge is -2.64. The van der Waals surface area contributed by atoms with E-state index in [0.29, 0.717) is 12.0 Å². The molecule has 0 bridgehead atoms. The number of fused-ring (bicyclic) bond motifs is 5. The Morgan fingerprint density at radius 2 is 1.82 bits per heavy atom. The van der Waals surface area contributed by atoms with E-state index in [1.54, 1.807) is 19.1 Å². The van der Waals surface area contributed by atoms with Gasteiger partial charge in [0.1, 0.15) is 0 Å². The number of carbonyl (C=O) groups is 2. The zero-order valence-electron chi connectivity index (χ0n) is 20.4. The van der Waals surface area contributed by atoms with Crippen molar-refractivity contribution in [3.8, 4) is 0 Å². The number of rotatable bonds is 3. The summed E-state index contributed by atoms with van der Waals surface area (Å²) in [6.45, 7) is 7.98. The van der Waals surface area contributed by atoms with E-state index in [2.05, 4.69) is 39.0 Å². The third-order valence-electron chi connectivity index (χ3n) is 9.98. The number of carbonyl (C=O) groups excluding carboxylic acids is 2. The summed E-state index contributed by atoms with van der Waals surface area (Å²) in [5.41, 5.74) is -0.284. The predicted octanol–water partition coefficient (Wildman–Crippen LogP) is 7.12. The molecule has 8 atom stereocenters. The van der Waals surface area contributed by atoms with Gasteiger partial charge in [0.15, 0.2) is 11.4 Å². The van der Waals surface area contributed by atoms with Crippen molar-refractivity contribution in [2.24, 2.45) is 28.6 Å². The molecule has 1 aromatic rings. The second-order valence-corrected chi connectivity index (χ2v) is 12.5. The molecule has 0 saturated heterocycles. The first-order chi connectivity index (χ1) is 16.0. The molecule has 1 aromatic carbocycles. The van der Waals surface area contributed by atoms with Crippen LogP contribution in [-0.2, 0) is 9.53 Å². The van der Waals surface area contributed by atoms with Gasteiger partial charge in [-0.05, 0) is 63.0 Å². The number of allylic oxidation sites excluding steroid dienone is 4. The van der Waals surface area contributed by atoms with Gasteiger partial charge >= 0.3 is 5.97 Å². The number of halogens is 2. The topological polar surface area (TPSA) is 43.4 Å². The molecule has 3 fully saturated rings. The molecule has 0 amide bonds. The molecule has 0 unspecified atom stereocenters. The summed E-state index contributed by atoms with van der Waals surface area (Å²) in [5, 5.41) is -0.365. The normalized spacial score (nSPS) is 44.9. The smallest absolute Gasteiger partial charge is 0.339 e. The van der Waals surface area contributed by atoms with Crippen molar-refractivity contribution < 1.29 is 14.3 Å². The fourth-order valence-electron chi connectivity index (χ4n) is 8.42. The molecule has 5 rings (SSSR count). The molecule has 5 heteroatoms. The Morgan fingerprint density at radius 1 is 1.12 bits per heavy atom. The number of ether oxygens (including phenoxy) is 1. The van der Waals surface area contributed by atoms with Crippen LogP contribution in [0, 0.1) is 28.6 Å². The summed E-state index contributed by atoms with van der Waals surface area (Å²) in [5.74, 6) is -0.410. The molecular weight excluding hydrogens is 467 g/mol. The number of hydrogen-bond acceptors (Lipinski definition) is 3. The van der Waals surface area contributed by atoms with Crippen LogP contribution in [0.1, 0.15) is 70.2 Å². The summed E-state index contributed by atoms with van der Waals surface area (Å²) in [4.78, 5) is 26.1. The van der Waals surface area contributed by atoms with Crippen LogP contribution in [-0.4, -0.2) is 27.6 Å². The molecule has 0 aliphatic heterocycles. The van der Waals surface area contributed by atoms with Gasteiger partial charge in [0, 0.05) is 16.7 Å². The lowest BCUT2D eigenvalue weighted by molar-refractivity contribution is -0.164. The van der Waals surface area contributed by atoms with E-state index in [4.69, 9.17) is 27.9 Å². The Balaban J connectivity index is 1.59. The van der Waals surface area contributed by atoms with Gasteiger partial charge in [-0.25, -0.2) is 4.79 Å². The summed E-state index contributed by atoms with van der Waals surface area (Å²) < 4.78 is 6.31. The molecule has 4 aliphatic rings. The number of hydrogen-bond donors (Lipinski definition) is 0. The van der Waals surface area contributed by atoms with E-state index >= 15 is 0 Å². The first kappa shape index (κ1) is 24.1. The quantitative estimate of drug-likeness (QED) is 0.252. The highest BCUT2D eigenvalue weighted by atomic mass is 35.5. The highest BCUT2D eigenvalue weighted by Crippen LogP contribution is 2.73. The van der Waals surface area contributed by atoms with Gasteiger partial charge < -0.3 is 4.74 Å². The molecule has 4 aliphatic carbocycles. The van der Waals surface area contributed by atoms with E-state index < -0.39 is 21.9 Å². The van der Waals surface area contributed by atoms with Crippen LogP contribution in [0.4, 0.5) is 0 Å². The molecule has 0 heterocycles. The minimum Gasteiger partial charge on any atom is -0.447 e. The van der Waals surface area contributed by atoms with Crippen molar-refractivity contribution in [3.63, 3.8) is 0 Å². The third-order valence-corrected chi connectivity index (χ3v) is 11.5. The van der Waals surface area contributed by atoms with Gasteiger partial charge in [-0.2, -0.15) is 0 Å². The highest BCUT2D eigenvalue weighted by Gasteiger charge is 2.75. The average Bonchev–Trinajstić information content (AvgIpc) is 3.02. The van der Waals surface area contributed by atoms with Crippen molar-refractivity contribution in [2.45, 2.75) is 75.7 Å². The van der Waals surface area contributed by atoms with Crippen LogP contribution in [0.5, 0.6) is 0 Å². The molecule has 0 spiro atoms. The molecule has 182 valence electrons. The highest BCUT2D eigenvalue weighted by molar-refractivity contribution is 6.33. The van der Waals surface area contributed by atoms with Crippen molar-refractivity contribution in [1.29, 1.82) is 0 Å². The Bertz CT molecular complexity index is 1080. The number of ketones is 1. The third kappa shape index (κ3) is 2.89. The molecule has 0 aromatic heterocycles. The summed E-state index contributed by atoms with van der Waals surface area (Å²) in [6.07, 6.45) is 11.0. The molecule has 3 saturated carbocycles. The monoisotopic (exact) mass is 500 g/mol. The average molecular weight is 501 g/mol. The van der Waals surface area contributed by atoms with Crippen LogP contribution in [0.25, 0.3) is 0 Å². The standard InChI is InChI=1S/C29H34Cl2O3/c1-18-16-23-22-14-13-21-12-8-9-15-26(21,3)28(22,31)24(30)17-27(23,4)29(18,19(2)32)34-25(33)20-10-6-5-7-11-20/h5-7,9-12,15,18,22-24H,8,13-14,16-17H2,1-4H3/t18-,22+,23+,24+,26+,27+,28+,29-/m1/s1. The molecule has 0 N–H and O–H groups in total. The number of alkyl halides is 2. The largest absolute Gasteiger partial charge is 0.447 e. The predicted molar refractivity (Wildman–Crippen MR) is 136 cm³/mol. The van der Waals surface area contributed by atoms with E-state index in [1.165, 1.54) is 5.57 Å². The fourth-order valence-corrected chi connectivity index (χ4v) is 9.65. The first-order valence-electron chi connectivity index (χ1n) is 12.5. The molecule has 0 radical (unpaired) electrons. The van der Waals surface area contributed by atoms with Crippen LogP contribution >= 0.6 is 23.2 Å². The minimum atomic E-state index is -1.23. The van der Waals surface area contributed by atoms with Gasteiger partial charge in [-0.15, -0.1) is 23.2 Å². The van der Waals surface area contributed by atoms with Crippen LogP contribution < -0.4 is 0 Å². The SMILES string of the molecule is CC(=O)[C@]1(OC(=O)c2ccccc2)[C@H](C)C[C@H]2[C@@H]3CCC4=CCC=C[C@]4(C)[C@@]3(Cl)[C@@H](Cl)C[C@@]21C. The molecule has 3 nitrogen and oxygen atoms in total. The zero-order chi connectivity index (χ0) is 24.5. The second kappa shape index (κ2) is 7.96. The van der Waals surface area contributed by atoms with Crippen molar-refractivity contribution in [3.05, 3.63) is 59.7 Å².